The van der Waals surface area contributed by atoms with Crippen LogP contribution in [-0.2, 0) is 22.7 Å². The minimum Gasteiger partial charge on any atom is -0.334 e. The summed E-state index contributed by atoms with van der Waals surface area (Å²) in [6.45, 7) is 0.272. The number of pyridine rings is 1. The normalized spacial score (nSPS) is 11.6. The second kappa shape index (κ2) is 9.04. The Morgan fingerprint density at radius 2 is 1.68 bits per heavy atom. The average Bonchev–Trinajstić information content (AvgIpc) is 2.74. The Hall–Kier alpha value is -3.60. The zero-order chi connectivity index (χ0) is 22.5. The Balaban J connectivity index is 1.61. The highest BCUT2D eigenvalue weighted by molar-refractivity contribution is 7.92. The van der Waals surface area contributed by atoms with E-state index in [0.717, 1.165) is 23.8 Å². The summed E-state index contributed by atoms with van der Waals surface area (Å²) in [5.74, 6) is 0. The molecule has 11 heteroatoms. The van der Waals surface area contributed by atoms with Crippen molar-refractivity contribution >= 4 is 27.4 Å². The summed E-state index contributed by atoms with van der Waals surface area (Å²) in [6, 6.07) is 12.2. The largest absolute Gasteiger partial charge is 0.416 e. The van der Waals surface area contributed by atoms with Crippen LogP contribution in [0.4, 0.5) is 29.3 Å². The van der Waals surface area contributed by atoms with Gasteiger partial charge < -0.3 is 10.6 Å². The Labute approximate surface area is 176 Å². The van der Waals surface area contributed by atoms with Gasteiger partial charge in [0.25, 0.3) is 10.0 Å². The van der Waals surface area contributed by atoms with E-state index >= 15 is 0 Å². The lowest BCUT2D eigenvalue weighted by Gasteiger charge is -2.12. The minimum atomic E-state index is -4.66. The fourth-order valence-electron chi connectivity index (χ4n) is 2.54. The molecule has 31 heavy (non-hydrogen) atoms. The number of hydrogen-bond donors (Lipinski definition) is 3. The van der Waals surface area contributed by atoms with E-state index < -0.39 is 32.7 Å². The third kappa shape index (κ3) is 6.19. The van der Waals surface area contributed by atoms with Crippen molar-refractivity contribution in [2.24, 2.45) is 0 Å². The highest BCUT2D eigenvalue weighted by atomic mass is 32.2. The quantitative estimate of drug-likeness (QED) is 0.523. The van der Waals surface area contributed by atoms with E-state index in [2.05, 4.69) is 20.3 Å². The van der Waals surface area contributed by atoms with Crippen LogP contribution in [0, 0.1) is 0 Å². The van der Waals surface area contributed by atoms with Gasteiger partial charge in [-0.15, -0.1) is 0 Å². The molecule has 3 rings (SSSR count). The van der Waals surface area contributed by atoms with E-state index in [1.54, 1.807) is 24.5 Å². The fourth-order valence-corrected chi connectivity index (χ4v) is 3.64. The maximum absolute atomic E-state index is 12.8. The van der Waals surface area contributed by atoms with Crippen molar-refractivity contribution in [2.75, 3.05) is 10.0 Å². The molecule has 7 nitrogen and oxygen atoms in total. The number of rotatable bonds is 6. The van der Waals surface area contributed by atoms with Gasteiger partial charge in [-0.3, -0.25) is 9.71 Å². The number of benzene rings is 2. The molecule has 1 aromatic heterocycles. The molecular formula is C20H17F3N4O3S. The zero-order valence-electron chi connectivity index (χ0n) is 15.8. The molecule has 3 aromatic rings. The van der Waals surface area contributed by atoms with Crippen LogP contribution in [0.5, 0.6) is 0 Å². The van der Waals surface area contributed by atoms with Crippen LogP contribution in [0.15, 0.2) is 78.0 Å². The molecule has 0 saturated heterocycles. The molecule has 0 atom stereocenters. The summed E-state index contributed by atoms with van der Waals surface area (Å²) in [7, 11) is -4.23. The standard InChI is InChI=1S/C20H17F3N4O3S/c21-20(22,23)15-4-1-5-18(11-15)31(29,30)27-17-8-6-16(7-9-17)26-19(28)25-13-14-3-2-10-24-12-14/h1-12,27H,13H2,(H2,25,26,28). The van der Waals surface area contributed by atoms with Gasteiger partial charge in [0.2, 0.25) is 0 Å². The Bertz CT molecular complexity index is 1150. The van der Waals surface area contributed by atoms with Gasteiger partial charge >= 0.3 is 12.2 Å². The molecule has 0 bridgehead atoms. The molecule has 162 valence electrons. The number of carbonyl (C=O) groups is 1. The summed E-state index contributed by atoms with van der Waals surface area (Å²) < 4.78 is 65.5. The van der Waals surface area contributed by atoms with Crippen LogP contribution in [0.25, 0.3) is 0 Å². The van der Waals surface area contributed by atoms with E-state index in [4.69, 9.17) is 0 Å². The van der Waals surface area contributed by atoms with Crippen LogP contribution in [0.2, 0.25) is 0 Å². The van der Waals surface area contributed by atoms with E-state index in [1.165, 1.54) is 24.3 Å². The third-order valence-corrected chi connectivity index (χ3v) is 5.42. The predicted molar refractivity (Wildman–Crippen MR) is 109 cm³/mol. The smallest absolute Gasteiger partial charge is 0.334 e. The third-order valence-electron chi connectivity index (χ3n) is 4.04. The number of urea groups is 1. The van der Waals surface area contributed by atoms with E-state index in [0.29, 0.717) is 11.8 Å². The molecule has 0 radical (unpaired) electrons. The van der Waals surface area contributed by atoms with Crippen LogP contribution in [0.1, 0.15) is 11.1 Å². The van der Waals surface area contributed by atoms with Gasteiger partial charge in [-0.1, -0.05) is 12.1 Å². The van der Waals surface area contributed by atoms with Gasteiger partial charge in [-0.2, -0.15) is 13.2 Å². The predicted octanol–water partition coefficient (Wildman–Crippen LogP) is 4.22. The number of alkyl halides is 3. The molecule has 2 amide bonds. The number of nitrogens with one attached hydrogen (secondary N) is 3. The van der Waals surface area contributed by atoms with Crippen molar-refractivity contribution in [3.63, 3.8) is 0 Å². The fraction of sp³-hybridized carbons (Fsp3) is 0.100. The maximum Gasteiger partial charge on any atom is 0.416 e. The van der Waals surface area contributed by atoms with Gasteiger partial charge in [0.15, 0.2) is 0 Å². The zero-order valence-corrected chi connectivity index (χ0v) is 16.7. The molecule has 3 N–H and O–H groups in total. The molecule has 0 aliphatic carbocycles. The maximum atomic E-state index is 12.8. The molecule has 1 heterocycles. The van der Waals surface area contributed by atoms with Gasteiger partial charge in [-0.05, 0) is 54.1 Å². The number of nitrogens with zero attached hydrogens (tertiary/aromatic N) is 1. The lowest BCUT2D eigenvalue weighted by atomic mass is 10.2. The summed E-state index contributed by atoms with van der Waals surface area (Å²) in [4.78, 5) is 15.4. The SMILES string of the molecule is O=C(NCc1cccnc1)Nc1ccc(NS(=O)(=O)c2cccc(C(F)(F)F)c2)cc1. The number of carbonyl (C=O) groups excluding carboxylic acids is 1. The highest BCUT2D eigenvalue weighted by Gasteiger charge is 2.31. The second-order valence-electron chi connectivity index (χ2n) is 6.38. The van der Waals surface area contributed by atoms with Crippen LogP contribution < -0.4 is 15.4 Å². The number of amides is 2. The van der Waals surface area contributed by atoms with Crippen LogP contribution >= 0.6 is 0 Å². The van der Waals surface area contributed by atoms with Crippen molar-refractivity contribution < 1.29 is 26.4 Å². The van der Waals surface area contributed by atoms with Gasteiger partial charge in [-0.25, -0.2) is 13.2 Å². The first-order chi connectivity index (χ1) is 14.6. The van der Waals surface area contributed by atoms with Gasteiger partial charge in [0.1, 0.15) is 0 Å². The number of aromatic nitrogens is 1. The summed E-state index contributed by atoms with van der Waals surface area (Å²) in [5.41, 5.74) is 0.272. The molecule has 0 saturated carbocycles. The number of halogens is 3. The molecule has 2 aromatic carbocycles. The van der Waals surface area contributed by atoms with Crippen LogP contribution in [0.3, 0.4) is 0 Å². The molecule has 0 unspecified atom stereocenters. The lowest BCUT2D eigenvalue weighted by Crippen LogP contribution is -2.28. The van der Waals surface area contributed by atoms with Gasteiger partial charge in [0.05, 0.1) is 10.5 Å². The number of sulfonamides is 1. The summed E-state index contributed by atoms with van der Waals surface area (Å²) >= 11 is 0. The number of anilines is 2. The van der Waals surface area contributed by atoms with Crippen molar-refractivity contribution in [3.8, 4) is 0 Å². The Morgan fingerprint density at radius 1 is 0.968 bits per heavy atom. The van der Waals surface area contributed by atoms with Gasteiger partial charge in [0, 0.05) is 30.3 Å². The van der Waals surface area contributed by atoms with Crippen molar-refractivity contribution in [2.45, 2.75) is 17.6 Å². The lowest BCUT2D eigenvalue weighted by molar-refractivity contribution is -0.137. The van der Waals surface area contributed by atoms with E-state index in [-0.39, 0.29) is 12.2 Å². The topological polar surface area (TPSA) is 100 Å². The highest BCUT2D eigenvalue weighted by Crippen LogP contribution is 2.31. The van der Waals surface area contributed by atoms with Crippen LogP contribution in [-0.4, -0.2) is 19.4 Å². The van der Waals surface area contributed by atoms with E-state index in [1.807, 2.05) is 0 Å². The monoisotopic (exact) mass is 450 g/mol. The molecule has 0 aliphatic rings. The molecular weight excluding hydrogens is 433 g/mol. The average molecular weight is 450 g/mol. The molecule has 0 aliphatic heterocycles. The molecule has 0 spiro atoms. The van der Waals surface area contributed by atoms with Crippen molar-refractivity contribution in [1.29, 1.82) is 0 Å². The van der Waals surface area contributed by atoms with Crippen molar-refractivity contribution in [3.05, 3.63) is 84.2 Å². The first-order valence-corrected chi connectivity index (χ1v) is 10.4. The number of hydrogen-bond acceptors (Lipinski definition) is 4. The van der Waals surface area contributed by atoms with Crippen molar-refractivity contribution in [1.82, 2.24) is 10.3 Å². The Morgan fingerprint density at radius 3 is 2.32 bits per heavy atom. The first kappa shape index (κ1) is 22.1. The summed E-state index contributed by atoms with van der Waals surface area (Å²) in [6.07, 6.45) is -1.42. The first-order valence-electron chi connectivity index (χ1n) is 8.87. The summed E-state index contributed by atoms with van der Waals surface area (Å²) in [5, 5.41) is 5.23. The minimum absolute atomic E-state index is 0.124. The second-order valence-corrected chi connectivity index (χ2v) is 8.06. The van der Waals surface area contributed by atoms with E-state index in [9.17, 15) is 26.4 Å². The molecule has 0 fully saturated rings. The Kier molecular flexibility index (Phi) is 6.44.